The average Bonchev–Trinajstić information content (AvgIpc) is 2.78. The molecule has 2 fully saturated rings. The predicted octanol–water partition coefficient (Wildman–Crippen LogP) is 1.44. The third kappa shape index (κ3) is 3.19. The van der Waals surface area contributed by atoms with Gasteiger partial charge >= 0.3 is 0 Å². The number of likely N-dealkylation sites (tertiary alicyclic amines) is 2. The Bertz CT molecular complexity index is 202. The minimum Gasteiger partial charge on any atom is -0.380 e. The molecule has 0 N–H and O–H groups in total. The second-order valence-corrected chi connectivity index (χ2v) is 5.28. The van der Waals surface area contributed by atoms with Gasteiger partial charge in [0.1, 0.15) is 0 Å². The summed E-state index contributed by atoms with van der Waals surface area (Å²) in [4.78, 5) is 5.17. The lowest BCUT2D eigenvalue weighted by Crippen LogP contribution is -2.38. The fourth-order valence-corrected chi connectivity index (χ4v) is 3.01. The van der Waals surface area contributed by atoms with Crippen LogP contribution in [0.5, 0.6) is 0 Å². The first-order valence-corrected chi connectivity index (χ1v) is 6.79. The summed E-state index contributed by atoms with van der Waals surface area (Å²) in [6.07, 6.45) is 4.50. The van der Waals surface area contributed by atoms with Crippen LogP contribution in [0.1, 0.15) is 26.2 Å². The zero-order chi connectivity index (χ0) is 11.4. The molecule has 3 heteroatoms. The van der Waals surface area contributed by atoms with Gasteiger partial charge in [-0.1, -0.05) is 6.92 Å². The number of ether oxygens (including phenoxy) is 1. The first kappa shape index (κ1) is 12.3. The van der Waals surface area contributed by atoms with Crippen molar-refractivity contribution in [1.29, 1.82) is 0 Å². The topological polar surface area (TPSA) is 15.7 Å². The molecular formula is C13H26N2O. The van der Waals surface area contributed by atoms with E-state index < -0.39 is 0 Å². The highest BCUT2D eigenvalue weighted by molar-refractivity contribution is 4.80. The molecule has 2 aliphatic rings. The van der Waals surface area contributed by atoms with Gasteiger partial charge in [0.2, 0.25) is 0 Å². The Labute approximate surface area is 99.7 Å². The minimum atomic E-state index is 0.496. The lowest BCUT2D eigenvalue weighted by molar-refractivity contribution is 0.101. The molecule has 0 amide bonds. The first-order chi connectivity index (χ1) is 7.81. The van der Waals surface area contributed by atoms with E-state index in [9.17, 15) is 0 Å². The smallest absolute Gasteiger partial charge is 0.0710 e. The van der Waals surface area contributed by atoms with Gasteiger partial charge in [-0.3, -0.25) is 0 Å². The zero-order valence-corrected chi connectivity index (χ0v) is 10.8. The van der Waals surface area contributed by atoms with E-state index in [0.717, 1.165) is 12.5 Å². The van der Waals surface area contributed by atoms with Gasteiger partial charge in [0.05, 0.1) is 6.10 Å². The van der Waals surface area contributed by atoms with E-state index in [2.05, 4.69) is 16.7 Å². The Hall–Kier alpha value is -0.120. The molecule has 1 unspecified atom stereocenters. The molecule has 0 bridgehead atoms. The monoisotopic (exact) mass is 226 g/mol. The van der Waals surface area contributed by atoms with Crippen molar-refractivity contribution in [2.45, 2.75) is 32.3 Å². The van der Waals surface area contributed by atoms with Crippen LogP contribution >= 0.6 is 0 Å². The average molecular weight is 226 g/mol. The Balaban J connectivity index is 1.67. The molecule has 2 aliphatic heterocycles. The molecule has 0 aromatic heterocycles. The van der Waals surface area contributed by atoms with Gasteiger partial charge in [0, 0.05) is 26.7 Å². The summed E-state index contributed by atoms with van der Waals surface area (Å²) >= 11 is 0. The van der Waals surface area contributed by atoms with E-state index in [-0.39, 0.29) is 0 Å². The summed E-state index contributed by atoms with van der Waals surface area (Å²) in [5.41, 5.74) is 0. The predicted molar refractivity (Wildman–Crippen MR) is 66.7 cm³/mol. The van der Waals surface area contributed by atoms with Crippen molar-refractivity contribution in [3.8, 4) is 0 Å². The quantitative estimate of drug-likeness (QED) is 0.721. The maximum atomic E-state index is 5.42. The van der Waals surface area contributed by atoms with Crippen molar-refractivity contribution in [3.63, 3.8) is 0 Å². The molecule has 16 heavy (non-hydrogen) atoms. The summed E-state index contributed by atoms with van der Waals surface area (Å²) in [6, 6.07) is 0. The van der Waals surface area contributed by atoms with Gasteiger partial charge in [-0.25, -0.2) is 0 Å². The van der Waals surface area contributed by atoms with Gasteiger partial charge in [0.15, 0.2) is 0 Å². The molecule has 0 aromatic rings. The number of hydrogen-bond donors (Lipinski definition) is 0. The summed E-state index contributed by atoms with van der Waals surface area (Å²) in [5, 5.41) is 0. The van der Waals surface area contributed by atoms with Crippen LogP contribution in [-0.4, -0.2) is 62.3 Å². The first-order valence-electron chi connectivity index (χ1n) is 6.79. The fraction of sp³-hybridized carbons (Fsp3) is 1.00. The van der Waals surface area contributed by atoms with E-state index in [4.69, 9.17) is 4.74 Å². The largest absolute Gasteiger partial charge is 0.380 e. The number of hydrogen-bond acceptors (Lipinski definition) is 3. The van der Waals surface area contributed by atoms with E-state index >= 15 is 0 Å². The van der Waals surface area contributed by atoms with Crippen molar-refractivity contribution < 1.29 is 4.74 Å². The molecule has 2 saturated heterocycles. The molecule has 0 radical (unpaired) electrons. The fourth-order valence-electron chi connectivity index (χ4n) is 3.01. The number of nitrogens with zero attached hydrogens (tertiary/aromatic N) is 2. The summed E-state index contributed by atoms with van der Waals surface area (Å²) in [6.45, 7) is 9.81. The van der Waals surface area contributed by atoms with Crippen LogP contribution in [-0.2, 0) is 4.74 Å². The summed E-state index contributed by atoms with van der Waals surface area (Å²) < 4.78 is 5.42. The van der Waals surface area contributed by atoms with Crippen LogP contribution in [0.15, 0.2) is 0 Å². The van der Waals surface area contributed by atoms with E-state index in [1.807, 2.05) is 7.11 Å². The van der Waals surface area contributed by atoms with Gasteiger partial charge in [-0.15, -0.1) is 0 Å². The summed E-state index contributed by atoms with van der Waals surface area (Å²) in [5.74, 6) is 0.929. The number of methoxy groups -OCH3 is 1. The van der Waals surface area contributed by atoms with Gasteiger partial charge < -0.3 is 14.5 Å². The van der Waals surface area contributed by atoms with Gasteiger partial charge in [-0.05, 0) is 44.8 Å². The molecule has 2 rings (SSSR count). The molecule has 94 valence electrons. The molecule has 0 aromatic carbocycles. The van der Waals surface area contributed by atoms with Gasteiger partial charge in [-0.2, -0.15) is 0 Å². The molecule has 0 spiro atoms. The van der Waals surface area contributed by atoms with Crippen molar-refractivity contribution in [3.05, 3.63) is 0 Å². The molecule has 2 heterocycles. The van der Waals surface area contributed by atoms with Crippen LogP contribution in [0.25, 0.3) is 0 Å². The highest BCUT2D eigenvalue weighted by Gasteiger charge is 2.26. The van der Waals surface area contributed by atoms with Crippen LogP contribution in [0.3, 0.4) is 0 Å². The second-order valence-electron chi connectivity index (χ2n) is 5.28. The lowest BCUT2D eigenvalue weighted by Gasteiger charge is -2.33. The van der Waals surface area contributed by atoms with Crippen LogP contribution in [0.2, 0.25) is 0 Å². The molecule has 1 atom stereocenters. The Morgan fingerprint density at radius 1 is 1.06 bits per heavy atom. The minimum absolute atomic E-state index is 0.496. The highest BCUT2D eigenvalue weighted by Crippen LogP contribution is 2.21. The SMILES string of the molecule is CCN1CCC(CN2CCC(OC)C2)CC1. The standard InChI is InChI=1S/C13H26N2O/c1-3-14-7-4-12(5-8-14)10-15-9-6-13(11-15)16-2/h12-13H,3-11H2,1-2H3. The molecule has 3 nitrogen and oxygen atoms in total. The lowest BCUT2D eigenvalue weighted by atomic mass is 9.96. The van der Waals surface area contributed by atoms with Crippen LogP contribution < -0.4 is 0 Å². The maximum Gasteiger partial charge on any atom is 0.0710 e. The molecule has 0 aliphatic carbocycles. The van der Waals surface area contributed by atoms with Gasteiger partial charge in [0.25, 0.3) is 0 Å². The Morgan fingerprint density at radius 2 is 1.75 bits per heavy atom. The Morgan fingerprint density at radius 3 is 2.31 bits per heavy atom. The second kappa shape index (κ2) is 5.99. The van der Waals surface area contributed by atoms with E-state index in [1.54, 1.807) is 0 Å². The van der Waals surface area contributed by atoms with E-state index in [1.165, 1.54) is 52.0 Å². The van der Waals surface area contributed by atoms with Crippen LogP contribution in [0.4, 0.5) is 0 Å². The number of rotatable bonds is 4. The van der Waals surface area contributed by atoms with Crippen molar-refractivity contribution in [1.82, 2.24) is 9.80 Å². The summed E-state index contributed by atoms with van der Waals surface area (Å²) in [7, 11) is 1.84. The van der Waals surface area contributed by atoms with Crippen molar-refractivity contribution in [2.75, 3.05) is 46.4 Å². The number of piperidine rings is 1. The Kier molecular flexibility index (Phi) is 4.62. The third-order valence-corrected chi connectivity index (χ3v) is 4.23. The molecule has 0 saturated carbocycles. The van der Waals surface area contributed by atoms with Crippen LogP contribution in [0, 0.1) is 5.92 Å². The molecular weight excluding hydrogens is 200 g/mol. The zero-order valence-electron chi connectivity index (χ0n) is 10.8. The maximum absolute atomic E-state index is 5.42. The van der Waals surface area contributed by atoms with E-state index in [0.29, 0.717) is 6.10 Å². The highest BCUT2D eigenvalue weighted by atomic mass is 16.5. The van der Waals surface area contributed by atoms with Crippen molar-refractivity contribution >= 4 is 0 Å². The van der Waals surface area contributed by atoms with Crippen molar-refractivity contribution in [2.24, 2.45) is 5.92 Å². The third-order valence-electron chi connectivity index (χ3n) is 4.23. The normalized spacial score (nSPS) is 30.0.